The van der Waals surface area contributed by atoms with Gasteiger partial charge >= 0.3 is 0 Å². The Morgan fingerprint density at radius 1 is 1.12 bits per heavy atom. The second-order valence-corrected chi connectivity index (χ2v) is 5.10. The standard InChI is InChI=1S/C12H14BrNO2/c13-9-6-11-12(16-5-4-15-11)7-10(9)14-8-2-1-3-8/h6-8,14H,1-5H2. The molecule has 16 heavy (non-hydrogen) atoms. The van der Waals surface area contributed by atoms with Gasteiger partial charge in [-0.2, -0.15) is 0 Å². The molecule has 4 heteroatoms. The predicted octanol–water partition coefficient (Wildman–Crippen LogP) is 3.18. The van der Waals surface area contributed by atoms with Crippen molar-refractivity contribution in [2.24, 2.45) is 0 Å². The van der Waals surface area contributed by atoms with Crippen LogP contribution in [0.3, 0.4) is 0 Å². The van der Waals surface area contributed by atoms with Gasteiger partial charge in [-0.25, -0.2) is 0 Å². The van der Waals surface area contributed by atoms with E-state index in [0.29, 0.717) is 19.3 Å². The van der Waals surface area contributed by atoms with Crippen molar-refractivity contribution in [2.75, 3.05) is 18.5 Å². The second kappa shape index (κ2) is 4.17. The molecule has 0 atom stereocenters. The summed E-state index contributed by atoms with van der Waals surface area (Å²) in [6, 6.07) is 4.63. The largest absolute Gasteiger partial charge is 0.486 e. The van der Waals surface area contributed by atoms with E-state index in [1.165, 1.54) is 19.3 Å². The molecule has 1 aliphatic heterocycles. The molecule has 1 saturated carbocycles. The van der Waals surface area contributed by atoms with E-state index in [0.717, 1.165) is 21.7 Å². The molecule has 1 heterocycles. The van der Waals surface area contributed by atoms with E-state index in [1.54, 1.807) is 0 Å². The Morgan fingerprint density at radius 2 is 1.81 bits per heavy atom. The van der Waals surface area contributed by atoms with Gasteiger partial charge in [0.2, 0.25) is 0 Å². The summed E-state index contributed by atoms with van der Waals surface area (Å²) >= 11 is 3.56. The van der Waals surface area contributed by atoms with Gasteiger partial charge in [0.05, 0.1) is 5.69 Å². The summed E-state index contributed by atoms with van der Waals surface area (Å²) in [4.78, 5) is 0. The molecule has 0 spiro atoms. The van der Waals surface area contributed by atoms with Crippen LogP contribution in [0.5, 0.6) is 11.5 Å². The third-order valence-corrected chi connectivity index (χ3v) is 3.75. The molecule has 1 aliphatic carbocycles. The summed E-state index contributed by atoms with van der Waals surface area (Å²) in [7, 11) is 0. The van der Waals surface area contributed by atoms with Crippen LogP contribution in [0.4, 0.5) is 5.69 Å². The minimum Gasteiger partial charge on any atom is -0.486 e. The molecule has 1 aromatic carbocycles. The lowest BCUT2D eigenvalue weighted by Gasteiger charge is -2.29. The van der Waals surface area contributed by atoms with Crippen molar-refractivity contribution in [1.82, 2.24) is 0 Å². The van der Waals surface area contributed by atoms with Gasteiger partial charge in [-0.3, -0.25) is 0 Å². The first kappa shape index (κ1) is 10.3. The molecule has 2 aliphatic rings. The van der Waals surface area contributed by atoms with Gasteiger partial charge in [-0.05, 0) is 35.2 Å². The minimum atomic E-state index is 0.624. The average molecular weight is 284 g/mol. The molecule has 0 aromatic heterocycles. The third-order valence-electron chi connectivity index (χ3n) is 3.10. The fraction of sp³-hybridized carbons (Fsp3) is 0.500. The number of benzene rings is 1. The molecular formula is C12H14BrNO2. The second-order valence-electron chi connectivity index (χ2n) is 4.25. The van der Waals surface area contributed by atoms with E-state index >= 15 is 0 Å². The van der Waals surface area contributed by atoms with Gasteiger partial charge in [-0.15, -0.1) is 0 Å². The van der Waals surface area contributed by atoms with Crippen molar-refractivity contribution < 1.29 is 9.47 Å². The van der Waals surface area contributed by atoms with E-state index < -0.39 is 0 Å². The number of anilines is 1. The Balaban J connectivity index is 1.86. The molecule has 0 bridgehead atoms. The lowest BCUT2D eigenvalue weighted by atomic mass is 9.93. The smallest absolute Gasteiger partial charge is 0.163 e. The summed E-state index contributed by atoms with van der Waals surface area (Å²) in [5.41, 5.74) is 1.11. The zero-order chi connectivity index (χ0) is 11.0. The fourth-order valence-corrected chi connectivity index (χ4v) is 2.38. The van der Waals surface area contributed by atoms with E-state index in [9.17, 15) is 0 Å². The summed E-state index contributed by atoms with van der Waals surface area (Å²) in [6.07, 6.45) is 3.86. The van der Waals surface area contributed by atoms with Crippen molar-refractivity contribution in [3.8, 4) is 11.5 Å². The normalized spacial score (nSPS) is 19.1. The van der Waals surface area contributed by atoms with Crippen LogP contribution < -0.4 is 14.8 Å². The van der Waals surface area contributed by atoms with Crippen LogP contribution in [-0.2, 0) is 0 Å². The Kier molecular flexibility index (Phi) is 2.67. The molecule has 3 nitrogen and oxygen atoms in total. The van der Waals surface area contributed by atoms with Crippen molar-refractivity contribution in [2.45, 2.75) is 25.3 Å². The number of halogens is 1. The maximum atomic E-state index is 5.57. The molecule has 86 valence electrons. The summed E-state index contributed by atoms with van der Waals surface area (Å²) in [5, 5.41) is 3.51. The first-order chi connectivity index (χ1) is 7.83. The topological polar surface area (TPSA) is 30.5 Å². The fourth-order valence-electron chi connectivity index (χ4n) is 1.95. The lowest BCUT2D eigenvalue weighted by Crippen LogP contribution is -2.27. The summed E-state index contributed by atoms with van der Waals surface area (Å²) < 4.78 is 12.1. The van der Waals surface area contributed by atoms with E-state index in [4.69, 9.17) is 9.47 Å². The van der Waals surface area contributed by atoms with E-state index in [2.05, 4.69) is 21.2 Å². The summed E-state index contributed by atoms with van der Waals surface area (Å²) in [6.45, 7) is 1.27. The lowest BCUT2D eigenvalue weighted by molar-refractivity contribution is 0.171. The number of nitrogens with one attached hydrogen (secondary N) is 1. The highest BCUT2D eigenvalue weighted by Crippen LogP contribution is 2.39. The average Bonchev–Trinajstić information content (AvgIpc) is 2.23. The van der Waals surface area contributed by atoms with Crippen molar-refractivity contribution in [3.63, 3.8) is 0 Å². The molecule has 0 unspecified atom stereocenters. The van der Waals surface area contributed by atoms with Crippen molar-refractivity contribution >= 4 is 21.6 Å². The molecule has 0 amide bonds. The highest BCUT2D eigenvalue weighted by atomic mass is 79.9. The van der Waals surface area contributed by atoms with Crippen LogP contribution in [-0.4, -0.2) is 19.3 Å². The van der Waals surface area contributed by atoms with Crippen molar-refractivity contribution in [1.29, 1.82) is 0 Å². The van der Waals surface area contributed by atoms with Gasteiger partial charge in [0.1, 0.15) is 13.2 Å². The maximum absolute atomic E-state index is 5.57. The number of rotatable bonds is 2. The Morgan fingerprint density at radius 3 is 2.44 bits per heavy atom. The predicted molar refractivity (Wildman–Crippen MR) is 66.4 cm³/mol. The summed E-state index contributed by atoms with van der Waals surface area (Å²) in [5.74, 6) is 1.67. The molecule has 1 N–H and O–H groups in total. The van der Waals surface area contributed by atoms with Crippen LogP contribution in [0.2, 0.25) is 0 Å². The molecule has 3 rings (SSSR count). The van der Waals surface area contributed by atoms with Gasteiger partial charge < -0.3 is 14.8 Å². The molecule has 1 aromatic rings. The molecule has 0 radical (unpaired) electrons. The highest BCUT2D eigenvalue weighted by Gasteiger charge is 2.20. The van der Waals surface area contributed by atoms with Crippen LogP contribution in [0.15, 0.2) is 16.6 Å². The van der Waals surface area contributed by atoms with Crippen molar-refractivity contribution in [3.05, 3.63) is 16.6 Å². The van der Waals surface area contributed by atoms with Crippen LogP contribution in [0.1, 0.15) is 19.3 Å². The molecule has 0 saturated heterocycles. The van der Waals surface area contributed by atoms with Crippen LogP contribution >= 0.6 is 15.9 Å². The van der Waals surface area contributed by atoms with Gasteiger partial charge in [0.25, 0.3) is 0 Å². The van der Waals surface area contributed by atoms with E-state index in [1.807, 2.05) is 12.1 Å². The first-order valence-corrected chi connectivity index (χ1v) is 6.48. The maximum Gasteiger partial charge on any atom is 0.163 e. The Labute approximate surface area is 103 Å². The number of hydrogen-bond donors (Lipinski definition) is 1. The first-order valence-electron chi connectivity index (χ1n) is 5.68. The number of hydrogen-bond acceptors (Lipinski definition) is 3. The molecular weight excluding hydrogens is 270 g/mol. The third kappa shape index (κ3) is 1.86. The SMILES string of the molecule is Brc1cc2c(cc1NC1CCC1)OCCO2. The zero-order valence-electron chi connectivity index (χ0n) is 8.96. The van der Waals surface area contributed by atoms with Crippen LogP contribution in [0, 0.1) is 0 Å². The Hall–Kier alpha value is -0.900. The van der Waals surface area contributed by atoms with E-state index in [-0.39, 0.29) is 0 Å². The van der Waals surface area contributed by atoms with Gasteiger partial charge in [0, 0.05) is 22.6 Å². The highest BCUT2D eigenvalue weighted by molar-refractivity contribution is 9.10. The molecule has 1 fully saturated rings. The number of fused-ring (bicyclic) bond motifs is 1. The number of ether oxygens (including phenoxy) is 2. The monoisotopic (exact) mass is 283 g/mol. The van der Waals surface area contributed by atoms with Crippen LogP contribution in [0.25, 0.3) is 0 Å². The van der Waals surface area contributed by atoms with Gasteiger partial charge in [-0.1, -0.05) is 0 Å². The van der Waals surface area contributed by atoms with Gasteiger partial charge in [0.15, 0.2) is 11.5 Å². The minimum absolute atomic E-state index is 0.624. The zero-order valence-corrected chi connectivity index (χ0v) is 10.5. The quantitative estimate of drug-likeness (QED) is 0.904. The Bertz CT molecular complexity index is 404.